The highest BCUT2D eigenvalue weighted by Gasteiger charge is 2.12. The van der Waals surface area contributed by atoms with Gasteiger partial charge in [0.1, 0.15) is 22.9 Å². The summed E-state index contributed by atoms with van der Waals surface area (Å²) in [5.74, 6) is -0.582. The molecule has 1 unspecified atom stereocenters. The number of rotatable bonds is 8. The summed E-state index contributed by atoms with van der Waals surface area (Å²) in [5.41, 5.74) is 0.185. The van der Waals surface area contributed by atoms with Crippen LogP contribution >= 0.6 is 11.3 Å². The van der Waals surface area contributed by atoms with Crippen molar-refractivity contribution in [2.45, 2.75) is 19.4 Å². The standard InChI is InChI=1S/C15H18N2O3S/c1-2-12(14-17-8-10-21-14)16-7-9-20-13-6-4-3-5-11(13)15(18)19/h3-6,8,10,12,16H,2,7,9H2,1H3,(H,18,19). The number of para-hydroxylation sites is 1. The Morgan fingerprint density at radius 2 is 2.29 bits per heavy atom. The summed E-state index contributed by atoms with van der Waals surface area (Å²) in [5, 5.41) is 15.5. The van der Waals surface area contributed by atoms with Crippen LogP contribution in [0.4, 0.5) is 0 Å². The summed E-state index contributed by atoms with van der Waals surface area (Å²) >= 11 is 1.62. The van der Waals surface area contributed by atoms with Crippen LogP contribution in [0, 0.1) is 0 Å². The molecule has 0 aliphatic heterocycles. The van der Waals surface area contributed by atoms with Crippen molar-refractivity contribution < 1.29 is 14.6 Å². The average Bonchev–Trinajstić information content (AvgIpc) is 3.01. The molecule has 0 saturated carbocycles. The van der Waals surface area contributed by atoms with Crippen molar-refractivity contribution >= 4 is 17.3 Å². The minimum Gasteiger partial charge on any atom is -0.491 e. The van der Waals surface area contributed by atoms with Crippen LogP contribution in [0.25, 0.3) is 0 Å². The van der Waals surface area contributed by atoms with E-state index in [0.717, 1.165) is 11.4 Å². The van der Waals surface area contributed by atoms with Crippen molar-refractivity contribution in [3.05, 3.63) is 46.4 Å². The van der Waals surface area contributed by atoms with E-state index in [1.807, 2.05) is 5.38 Å². The molecule has 21 heavy (non-hydrogen) atoms. The molecular formula is C15H18N2O3S. The van der Waals surface area contributed by atoms with Crippen molar-refractivity contribution in [3.8, 4) is 5.75 Å². The minimum atomic E-state index is -0.979. The summed E-state index contributed by atoms with van der Waals surface area (Å²) in [7, 11) is 0. The Labute approximate surface area is 127 Å². The van der Waals surface area contributed by atoms with Crippen LogP contribution in [0.2, 0.25) is 0 Å². The van der Waals surface area contributed by atoms with Gasteiger partial charge in [-0.05, 0) is 18.6 Å². The Hall–Kier alpha value is -1.92. The number of carbonyl (C=O) groups is 1. The lowest BCUT2D eigenvalue weighted by Gasteiger charge is -2.15. The van der Waals surface area contributed by atoms with E-state index < -0.39 is 5.97 Å². The Morgan fingerprint density at radius 1 is 1.48 bits per heavy atom. The van der Waals surface area contributed by atoms with Gasteiger partial charge in [0.05, 0.1) is 6.04 Å². The van der Waals surface area contributed by atoms with E-state index in [4.69, 9.17) is 9.84 Å². The SMILES string of the molecule is CCC(NCCOc1ccccc1C(=O)O)c1nccs1. The van der Waals surface area contributed by atoms with Crippen molar-refractivity contribution in [1.82, 2.24) is 10.3 Å². The molecule has 0 aliphatic carbocycles. The summed E-state index contributed by atoms with van der Waals surface area (Å²) in [6.07, 6.45) is 2.74. The number of nitrogens with zero attached hydrogens (tertiary/aromatic N) is 1. The second-order valence-corrected chi connectivity index (χ2v) is 5.36. The number of hydrogen-bond acceptors (Lipinski definition) is 5. The van der Waals surface area contributed by atoms with Gasteiger partial charge in [0.2, 0.25) is 0 Å². The van der Waals surface area contributed by atoms with Crippen LogP contribution in [0.3, 0.4) is 0 Å². The van der Waals surface area contributed by atoms with Crippen molar-refractivity contribution in [1.29, 1.82) is 0 Å². The van der Waals surface area contributed by atoms with Crippen LogP contribution in [0.15, 0.2) is 35.8 Å². The highest BCUT2D eigenvalue weighted by molar-refractivity contribution is 7.09. The number of ether oxygens (including phenoxy) is 1. The van der Waals surface area contributed by atoms with Gasteiger partial charge in [-0.1, -0.05) is 19.1 Å². The van der Waals surface area contributed by atoms with Crippen LogP contribution in [0.5, 0.6) is 5.75 Å². The predicted molar refractivity (Wildman–Crippen MR) is 82.0 cm³/mol. The predicted octanol–water partition coefficient (Wildman–Crippen LogP) is 2.96. The molecule has 1 heterocycles. The molecule has 2 rings (SSSR count). The first kappa shape index (κ1) is 15.5. The number of benzene rings is 1. The Bertz CT molecular complexity index is 572. The number of aromatic carboxylic acids is 1. The normalized spacial score (nSPS) is 12.0. The van der Waals surface area contributed by atoms with E-state index in [0.29, 0.717) is 18.9 Å². The van der Waals surface area contributed by atoms with Gasteiger partial charge in [-0.2, -0.15) is 0 Å². The summed E-state index contributed by atoms with van der Waals surface area (Å²) < 4.78 is 5.55. The highest BCUT2D eigenvalue weighted by atomic mass is 32.1. The molecule has 0 amide bonds. The summed E-state index contributed by atoms with van der Waals surface area (Å²) in [6.45, 7) is 3.14. The molecule has 0 bridgehead atoms. The molecule has 6 heteroatoms. The number of carboxylic acid groups (broad SMARTS) is 1. The van der Waals surface area contributed by atoms with Gasteiger partial charge >= 0.3 is 5.97 Å². The van der Waals surface area contributed by atoms with E-state index >= 15 is 0 Å². The van der Waals surface area contributed by atoms with Gasteiger partial charge in [-0.25, -0.2) is 9.78 Å². The van der Waals surface area contributed by atoms with Crippen molar-refractivity contribution in [2.24, 2.45) is 0 Å². The number of nitrogens with one attached hydrogen (secondary N) is 1. The molecule has 0 aliphatic rings. The molecule has 2 N–H and O–H groups in total. The van der Waals surface area contributed by atoms with Gasteiger partial charge in [-0.3, -0.25) is 0 Å². The zero-order chi connectivity index (χ0) is 15.1. The molecule has 5 nitrogen and oxygen atoms in total. The maximum Gasteiger partial charge on any atom is 0.339 e. The number of thiazole rings is 1. The van der Waals surface area contributed by atoms with Gasteiger partial charge < -0.3 is 15.2 Å². The summed E-state index contributed by atoms with van der Waals surface area (Å²) in [4.78, 5) is 15.4. The van der Waals surface area contributed by atoms with E-state index in [1.165, 1.54) is 6.07 Å². The molecule has 0 spiro atoms. The smallest absolute Gasteiger partial charge is 0.339 e. The molecule has 1 aromatic heterocycles. The molecule has 112 valence electrons. The Kier molecular flexibility index (Phi) is 5.71. The lowest BCUT2D eigenvalue weighted by atomic mass is 10.2. The number of hydrogen-bond donors (Lipinski definition) is 2. The number of aromatic nitrogens is 1. The van der Waals surface area contributed by atoms with Crippen molar-refractivity contribution in [2.75, 3.05) is 13.2 Å². The third kappa shape index (κ3) is 4.27. The molecule has 0 fully saturated rings. The molecule has 2 aromatic rings. The second kappa shape index (κ2) is 7.75. The average molecular weight is 306 g/mol. The molecule has 0 radical (unpaired) electrons. The van der Waals surface area contributed by atoms with Crippen molar-refractivity contribution in [3.63, 3.8) is 0 Å². The maximum atomic E-state index is 11.1. The molecule has 1 atom stereocenters. The van der Waals surface area contributed by atoms with Gasteiger partial charge in [0.15, 0.2) is 0 Å². The van der Waals surface area contributed by atoms with Crippen LogP contribution in [0.1, 0.15) is 34.8 Å². The lowest BCUT2D eigenvalue weighted by molar-refractivity contribution is 0.0692. The fourth-order valence-electron chi connectivity index (χ4n) is 1.98. The molecule has 0 saturated heterocycles. The zero-order valence-electron chi connectivity index (χ0n) is 11.8. The highest BCUT2D eigenvalue weighted by Crippen LogP contribution is 2.19. The van der Waals surface area contributed by atoms with Gasteiger partial charge in [0.25, 0.3) is 0 Å². The Morgan fingerprint density at radius 3 is 2.95 bits per heavy atom. The van der Waals surface area contributed by atoms with Crippen LogP contribution < -0.4 is 10.1 Å². The van der Waals surface area contributed by atoms with E-state index in [-0.39, 0.29) is 11.6 Å². The van der Waals surface area contributed by atoms with Crippen LogP contribution in [-0.2, 0) is 0 Å². The summed E-state index contributed by atoms with van der Waals surface area (Å²) in [6, 6.07) is 6.87. The first-order valence-electron chi connectivity index (χ1n) is 6.80. The third-order valence-electron chi connectivity index (χ3n) is 3.03. The quantitative estimate of drug-likeness (QED) is 0.734. The van der Waals surface area contributed by atoms with E-state index in [9.17, 15) is 4.79 Å². The second-order valence-electron chi connectivity index (χ2n) is 4.44. The van der Waals surface area contributed by atoms with Gasteiger partial charge in [0, 0.05) is 18.1 Å². The Balaban J connectivity index is 1.83. The molecule has 1 aromatic carbocycles. The monoisotopic (exact) mass is 306 g/mol. The molecular weight excluding hydrogens is 288 g/mol. The maximum absolute atomic E-state index is 11.1. The fourth-order valence-corrected chi connectivity index (χ4v) is 2.77. The topological polar surface area (TPSA) is 71.5 Å². The van der Waals surface area contributed by atoms with Gasteiger partial charge in [-0.15, -0.1) is 11.3 Å². The zero-order valence-corrected chi connectivity index (χ0v) is 12.6. The fraction of sp³-hybridized carbons (Fsp3) is 0.333. The largest absolute Gasteiger partial charge is 0.491 e. The van der Waals surface area contributed by atoms with E-state index in [1.54, 1.807) is 35.7 Å². The van der Waals surface area contributed by atoms with E-state index in [2.05, 4.69) is 17.2 Å². The minimum absolute atomic E-state index is 0.185. The number of carboxylic acids is 1. The lowest BCUT2D eigenvalue weighted by Crippen LogP contribution is -2.26. The third-order valence-corrected chi connectivity index (χ3v) is 3.91. The first-order valence-corrected chi connectivity index (χ1v) is 7.68. The van der Waals surface area contributed by atoms with Crippen LogP contribution in [-0.4, -0.2) is 29.2 Å². The first-order chi connectivity index (χ1) is 10.2.